The summed E-state index contributed by atoms with van der Waals surface area (Å²) in [6.45, 7) is 5.44. The van der Waals surface area contributed by atoms with Crippen molar-refractivity contribution >= 4 is 23.2 Å². The average molecular weight is 502 g/mol. The van der Waals surface area contributed by atoms with Crippen LogP contribution in [0.4, 0.5) is 11.4 Å². The molecular weight excluding hydrogens is 462 g/mol. The number of phenolic OH excluding ortho intramolecular Hbond substituents is 1. The predicted molar refractivity (Wildman–Crippen MR) is 154 cm³/mol. The Labute approximate surface area is 221 Å². The van der Waals surface area contributed by atoms with Gasteiger partial charge in [-0.15, -0.1) is 0 Å². The summed E-state index contributed by atoms with van der Waals surface area (Å²) in [5, 5.41) is 10.4. The summed E-state index contributed by atoms with van der Waals surface area (Å²) in [5.41, 5.74) is 4.81. The molecule has 0 fully saturated rings. The molecule has 0 aliphatic heterocycles. The summed E-state index contributed by atoms with van der Waals surface area (Å²) in [5.74, 6) is 0.223. The monoisotopic (exact) mass is 501 g/mol. The average Bonchev–Trinajstić information content (AvgIpc) is 2.89. The molecule has 6 heteroatoms. The highest BCUT2D eigenvalue weighted by molar-refractivity contribution is 6.08. The minimum atomic E-state index is -0.252. The molecule has 37 heavy (non-hydrogen) atoms. The summed E-state index contributed by atoms with van der Waals surface area (Å²) in [6, 6.07) is 21.2. The topological polar surface area (TPSA) is 56.3 Å². The lowest BCUT2D eigenvalue weighted by Gasteiger charge is -2.24. The fourth-order valence-corrected chi connectivity index (χ4v) is 4.10. The van der Waals surface area contributed by atoms with Gasteiger partial charge in [0.25, 0.3) is 0 Å². The molecule has 0 radical (unpaired) electrons. The Morgan fingerprint density at radius 2 is 1.68 bits per heavy atom. The van der Waals surface area contributed by atoms with Crippen LogP contribution < -0.4 is 14.5 Å². The lowest BCUT2D eigenvalue weighted by Crippen LogP contribution is -2.26. The second kappa shape index (κ2) is 13.5. The largest absolute Gasteiger partial charge is 0.507 e. The molecule has 0 saturated carbocycles. The number of carbonyl (C=O) groups excluding carboxylic acids is 1. The van der Waals surface area contributed by atoms with Crippen LogP contribution >= 0.6 is 0 Å². The van der Waals surface area contributed by atoms with Crippen molar-refractivity contribution in [2.75, 3.05) is 57.7 Å². The zero-order valence-electron chi connectivity index (χ0n) is 22.6. The van der Waals surface area contributed by atoms with E-state index in [1.807, 2.05) is 43.3 Å². The normalized spacial score (nSPS) is 11.2. The molecule has 196 valence electrons. The van der Waals surface area contributed by atoms with Gasteiger partial charge in [0.15, 0.2) is 5.78 Å². The van der Waals surface area contributed by atoms with Crippen molar-refractivity contribution in [2.45, 2.75) is 19.9 Å². The van der Waals surface area contributed by atoms with Crippen LogP contribution in [0.2, 0.25) is 0 Å². The number of benzene rings is 3. The number of anilines is 2. The maximum atomic E-state index is 12.6. The van der Waals surface area contributed by atoms with Gasteiger partial charge >= 0.3 is 0 Å². The van der Waals surface area contributed by atoms with E-state index in [1.54, 1.807) is 18.2 Å². The van der Waals surface area contributed by atoms with Crippen LogP contribution in [-0.4, -0.2) is 63.7 Å². The first-order valence-corrected chi connectivity index (χ1v) is 12.7. The summed E-state index contributed by atoms with van der Waals surface area (Å²) in [4.78, 5) is 19.2. The van der Waals surface area contributed by atoms with Gasteiger partial charge in [-0.1, -0.05) is 43.3 Å². The first-order chi connectivity index (χ1) is 17.8. The van der Waals surface area contributed by atoms with Crippen LogP contribution in [0.1, 0.15) is 34.8 Å². The van der Waals surface area contributed by atoms with Crippen molar-refractivity contribution in [3.8, 4) is 11.5 Å². The first kappa shape index (κ1) is 27.8. The van der Waals surface area contributed by atoms with Crippen molar-refractivity contribution in [1.82, 2.24) is 4.90 Å². The lowest BCUT2D eigenvalue weighted by atomic mass is 10.1. The lowest BCUT2D eigenvalue weighted by molar-refractivity contribution is 0.104. The second-order valence-electron chi connectivity index (χ2n) is 9.46. The number of aromatic hydroxyl groups is 1. The van der Waals surface area contributed by atoms with E-state index in [1.165, 1.54) is 23.4 Å². The first-order valence-electron chi connectivity index (χ1n) is 12.7. The third-order valence-corrected chi connectivity index (χ3v) is 6.27. The molecule has 6 nitrogen and oxygen atoms in total. The smallest absolute Gasteiger partial charge is 0.189 e. The van der Waals surface area contributed by atoms with E-state index in [-0.39, 0.29) is 17.1 Å². The van der Waals surface area contributed by atoms with Crippen LogP contribution in [0.25, 0.3) is 6.08 Å². The van der Waals surface area contributed by atoms with E-state index in [4.69, 9.17) is 4.74 Å². The summed E-state index contributed by atoms with van der Waals surface area (Å²) in [7, 11) is 8.10. The summed E-state index contributed by atoms with van der Waals surface area (Å²) < 4.78 is 5.86. The zero-order valence-corrected chi connectivity index (χ0v) is 22.6. The molecule has 0 heterocycles. The minimum absolute atomic E-state index is 0.0782. The van der Waals surface area contributed by atoms with E-state index >= 15 is 0 Å². The van der Waals surface area contributed by atoms with Crippen LogP contribution in [0.15, 0.2) is 72.8 Å². The molecule has 0 aliphatic rings. The van der Waals surface area contributed by atoms with E-state index in [9.17, 15) is 9.90 Å². The Hall–Kier alpha value is -3.77. The standard InChI is InChI=1S/C31H39N3O3/c1-6-34(23-25-10-7-8-11-29(25)33(4)5)20-9-21-37-27-17-18-28(31(36)22-27)30(35)19-14-24-12-15-26(16-13-24)32(2)3/h7-8,10-19,22,36H,6,9,20-21,23H2,1-5H3/b19-14+. The van der Waals surface area contributed by atoms with E-state index in [0.717, 1.165) is 37.3 Å². The number of carbonyl (C=O) groups is 1. The van der Waals surface area contributed by atoms with Crippen molar-refractivity contribution < 1.29 is 14.6 Å². The van der Waals surface area contributed by atoms with Crippen molar-refractivity contribution in [2.24, 2.45) is 0 Å². The summed E-state index contributed by atoms with van der Waals surface area (Å²) >= 11 is 0. The molecular formula is C31H39N3O3. The Kier molecular flexibility index (Phi) is 10.2. The van der Waals surface area contributed by atoms with E-state index < -0.39 is 0 Å². The molecule has 0 aromatic heterocycles. The molecule has 3 aromatic carbocycles. The van der Waals surface area contributed by atoms with Gasteiger partial charge in [0.1, 0.15) is 11.5 Å². The number of hydrogen-bond acceptors (Lipinski definition) is 6. The van der Waals surface area contributed by atoms with Gasteiger partial charge in [-0.25, -0.2) is 0 Å². The van der Waals surface area contributed by atoms with Gasteiger partial charge in [0.2, 0.25) is 0 Å². The Balaban J connectivity index is 1.50. The Morgan fingerprint density at radius 1 is 0.946 bits per heavy atom. The quantitative estimate of drug-likeness (QED) is 0.184. The highest BCUT2D eigenvalue weighted by Crippen LogP contribution is 2.25. The Morgan fingerprint density at radius 3 is 2.32 bits per heavy atom. The number of hydrogen-bond donors (Lipinski definition) is 1. The third kappa shape index (κ3) is 8.12. The minimum Gasteiger partial charge on any atom is -0.507 e. The maximum absolute atomic E-state index is 12.6. The fourth-order valence-electron chi connectivity index (χ4n) is 4.10. The molecule has 3 rings (SSSR count). The molecule has 0 atom stereocenters. The molecule has 0 aliphatic carbocycles. The number of para-hydroxylation sites is 1. The highest BCUT2D eigenvalue weighted by Gasteiger charge is 2.11. The molecule has 1 N–H and O–H groups in total. The number of nitrogens with zero attached hydrogens (tertiary/aromatic N) is 3. The molecule has 0 saturated heterocycles. The van der Waals surface area contributed by atoms with Crippen molar-refractivity contribution in [1.29, 1.82) is 0 Å². The summed E-state index contributed by atoms with van der Waals surface area (Å²) in [6.07, 6.45) is 4.09. The zero-order chi connectivity index (χ0) is 26.8. The van der Waals surface area contributed by atoms with Gasteiger partial charge in [0, 0.05) is 58.7 Å². The van der Waals surface area contributed by atoms with Crippen LogP contribution in [0, 0.1) is 0 Å². The predicted octanol–water partition coefficient (Wildman–Crippen LogP) is 5.71. The van der Waals surface area contributed by atoms with Crippen molar-refractivity contribution in [3.63, 3.8) is 0 Å². The molecule has 0 amide bonds. The molecule has 3 aromatic rings. The Bertz CT molecular complexity index is 1190. The molecule has 0 bridgehead atoms. The third-order valence-electron chi connectivity index (χ3n) is 6.27. The second-order valence-corrected chi connectivity index (χ2v) is 9.46. The number of ketones is 1. The van der Waals surface area contributed by atoms with Gasteiger partial charge in [-0.05, 0) is 60.5 Å². The highest BCUT2D eigenvalue weighted by atomic mass is 16.5. The number of allylic oxidation sites excluding steroid dienone is 1. The number of rotatable bonds is 13. The van der Waals surface area contributed by atoms with E-state index in [2.05, 4.69) is 55.1 Å². The fraction of sp³-hybridized carbons (Fsp3) is 0.323. The van der Waals surface area contributed by atoms with Crippen molar-refractivity contribution in [3.05, 3.63) is 89.5 Å². The number of ether oxygens (including phenoxy) is 1. The van der Waals surface area contributed by atoms with Crippen LogP contribution in [0.3, 0.4) is 0 Å². The van der Waals surface area contributed by atoms with Gasteiger partial charge in [0.05, 0.1) is 12.2 Å². The van der Waals surface area contributed by atoms with Gasteiger partial charge in [-0.3, -0.25) is 9.69 Å². The molecule has 0 unspecified atom stereocenters. The maximum Gasteiger partial charge on any atom is 0.189 e. The SMILES string of the molecule is CCN(CCCOc1ccc(C(=O)/C=C/c2ccc(N(C)C)cc2)c(O)c1)Cc1ccccc1N(C)C. The van der Waals surface area contributed by atoms with Crippen LogP contribution in [0.5, 0.6) is 11.5 Å². The van der Waals surface area contributed by atoms with Crippen LogP contribution in [-0.2, 0) is 6.54 Å². The van der Waals surface area contributed by atoms with E-state index in [0.29, 0.717) is 12.4 Å². The van der Waals surface area contributed by atoms with Gasteiger partial charge in [-0.2, -0.15) is 0 Å². The molecule has 0 spiro atoms. The number of phenols is 1. The van der Waals surface area contributed by atoms with Gasteiger partial charge < -0.3 is 19.6 Å².